The van der Waals surface area contributed by atoms with Gasteiger partial charge in [-0.15, -0.1) is 0 Å². The number of ether oxygens (including phenoxy) is 1. The molecule has 36 heavy (non-hydrogen) atoms. The fraction of sp³-hybridized carbons (Fsp3) is 0.783. The SMILES string of the molecule is CC1CCC([C@H](N)C(=O)Nc2ncc([C@@H](CN3CCO[C@H](CF)C3)N3CC(F)(F)CNC3=O)s2)CC1. The van der Waals surface area contributed by atoms with Crippen LogP contribution in [-0.4, -0.2) is 90.8 Å². The number of anilines is 1. The maximum absolute atomic E-state index is 14.2. The summed E-state index contributed by atoms with van der Waals surface area (Å²) in [5.41, 5.74) is 6.24. The number of carbonyl (C=O) groups excluding carboxylic acids is 2. The van der Waals surface area contributed by atoms with Crippen LogP contribution in [0.4, 0.5) is 23.1 Å². The zero-order chi connectivity index (χ0) is 25.9. The van der Waals surface area contributed by atoms with E-state index in [9.17, 15) is 22.8 Å². The third-order valence-corrected chi connectivity index (χ3v) is 8.33. The van der Waals surface area contributed by atoms with E-state index < -0.39 is 49.9 Å². The molecule has 3 aliphatic rings. The Labute approximate surface area is 212 Å². The highest BCUT2D eigenvalue weighted by Gasteiger charge is 2.43. The normalized spacial score (nSPS) is 28.9. The Morgan fingerprint density at radius 3 is 2.86 bits per heavy atom. The first kappa shape index (κ1) is 27.1. The predicted octanol–water partition coefficient (Wildman–Crippen LogP) is 2.61. The van der Waals surface area contributed by atoms with Gasteiger partial charge in [0.1, 0.15) is 6.67 Å². The summed E-state index contributed by atoms with van der Waals surface area (Å²) >= 11 is 1.13. The van der Waals surface area contributed by atoms with Crippen molar-refractivity contribution in [3.8, 4) is 0 Å². The van der Waals surface area contributed by atoms with E-state index in [1.807, 2.05) is 4.90 Å². The van der Waals surface area contributed by atoms with Gasteiger partial charge in [-0.05, 0) is 24.7 Å². The quantitative estimate of drug-likeness (QED) is 0.475. The van der Waals surface area contributed by atoms with Crippen molar-refractivity contribution in [2.45, 2.75) is 56.7 Å². The highest BCUT2D eigenvalue weighted by atomic mass is 32.1. The second-order valence-electron chi connectivity index (χ2n) is 10.2. The Balaban J connectivity index is 1.48. The molecule has 0 bridgehead atoms. The molecule has 3 fully saturated rings. The summed E-state index contributed by atoms with van der Waals surface area (Å²) < 4.78 is 47.0. The van der Waals surface area contributed by atoms with E-state index in [-0.39, 0.29) is 24.9 Å². The molecule has 3 atom stereocenters. The number of urea groups is 1. The van der Waals surface area contributed by atoms with Crippen LogP contribution in [0.1, 0.15) is 43.5 Å². The lowest BCUT2D eigenvalue weighted by Gasteiger charge is -2.41. The van der Waals surface area contributed by atoms with E-state index in [0.717, 1.165) is 41.9 Å². The van der Waals surface area contributed by atoms with E-state index in [1.54, 1.807) is 0 Å². The van der Waals surface area contributed by atoms with E-state index >= 15 is 0 Å². The summed E-state index contributed by atoms with van der Waals surface area (Å²) in [4.78, 5) is 33.2. The molecule has 0 radical (unpaired) electrons. The van der Waals surface area contributed by atoms with Crippen LogP contribution in [0.3, 0.4) is 0 Å². The van der Waals surface area contributed by atoms with Gasteiger partial charge in [-0.1, -0.05) is 31.1 Å². The van der Waals surface area contributed by atoms with Crippen molar-refractivity contribution in [2.24, 2.45) is 17.6 Å². The molecule has 0 spiro atoms. The van der Waals surface area contributed by atoms with E-state index in [2.05, 4.69) is 22.5 Å². The number of aromatic nitrogens is 1. The average Bonchev–Trinajstić information content (AvgIpc) is 3.32. The first-order chi connectivity index (χ1) is 17.1. The minimum absolute atomic E-state index is 0.109. The molecule has 1 aromatic heterocycles. The van der Waals surface area contributed by atoms with Crippen LogP contribution in [0.5, 0.6) is 0 Å². The van der Waals surface area contributed by atoms with Crippen LogP contribution in [0, 0.1) is 11.8 Å². The van der Waals surface area contributed by atoms with Crippen molar-refractivity contribution in [2.75, 3.05) is 51.3 Å². The van der Waals surface area contributed by atoms with Gasteiger partial charge >= 0.3 is 6.03 Å². The fourth-order valence-electron chi connectivity index (χ4n) is 5.11. The molecule has 13 heteroatoms. The molecule has 2 saturated heterocycles. The van der Waals surface area contributed by atoms with Gasteiger partial charge in [-0.25, -0.2) is 22.9 Å². The van der Waals surface area contributed by atoms with Crippen molar-refractivity contribution >= 4 is 28.4 Å². The molecular weight excluding hydrogens is 497 g/mol. The Morgan fingerprint density at radius 1 is 1.39 bits per heavy atom. The zero-order valence-corrected chi connectivity index (χ0v) is 21.2. The average molecular weight is 533 g/mol. The van der Waals surface area contributed by atoms with Crippen LogP contribution in [0.2, 0.25) is 0 Å². The number of rotatable bonds is 8. The van der Waals surface area contributed by atoms with E-state index in [0.29, 0.717) is 29.1 Å². The first-order valence-electron chi connectivity index (χ1n) is 12.5. The Morgan fingerprint density at radius 2 is 2.14 bits per heavy atom. The number of nitrogens with one attached hydrogen (secondary N) is 2. The zero-order valence-electron chi connectivity index (χ0n) is 20.4. The van der Waals surface area contributed by atoms with Gasteiger partial charge in [0.15, 0.2) is 5.13 Å². The third-order valence-electron chi connectivity index (χ3n) is 7.32. The molecule has 2 aliphatic heterocycles. The summed E-state index contributed by atoms with van der Waals surface area (Å²) in [7, 11) is 0. The molecule has 1 saturated carbocycles. The van der Waals surface area contributed by atoms with Gasteiger partial charge in [0.25, 0.3) is 5.92 Å². The van der Waals surface area contributed by atoms with Gasteiger partial charge in [0, 0.05) is 25.8 Å². The standard InChI is InChI=1S/C23H35F3N6O3S/c1-14-2-4-15(5-3-14)19(27)20(33)30-21-28-9-18(36-21)17(11-31-6-7-35-16(8-24)10-31)32-13-23(25,26)12-29-22(32)34/h9,14-17,19H,2-8,10-13,27H2,1H3,(H,29,34)(H,28,30,33)/t14?,15?,16-,17-,19+/m1/s1. The molecular formula is C23H35F3N6O3S. The highest BCUT2D eigenvalue weighted by molar-refractivity contribution is 7.15. The van der Waals surface area contributed by atoms with Crippen molar-refractivity contribution in [1.29, 1.82) is 0 Å². The van der Waals surface area contributed by atoms with E-state index in [4.69, 9.17) is 10.5 Å². The second kappa shape index (κ2) is 11.6. The van der Waals surface area contributed by atoms with Crippen molar-refractivity contribution in [3.63, 3.8) is 0 Å². The first-order valence-corrected chi connectivity index (χ1v) is 13.3. The monoisotopic (exact) mass is 532 g/mol. The number of halogens is 3. The number of nitrogens with two attached hydrogens (primary N) is 1. The minimum Gasteiger partial charge on any atom is -0.373 e. The number of hydrogen-bond donors (Lipinski definition) is 3. The Kier molecular flexibility index (Phi) is 8.74. The smallest absolute Gasteiger partial charge is 0.318 e. The largest absolute Gasteiger partial charge is 0.373 e. The number of alkyl halides is 3. The fourth-order valence-corrected chi connectivity index (χ4v) is 6.03. The molecule has 3 amide bonds. The number of amides is 3. The summed E-state index contributed by atoms with van der Waals surface area (Å²) in [6.07, 6.45) is 4.78. The van der Waals surface area contributed by atoms with Crippen molar-refractivity contribution in [3.05, 3.63) is 11.1 Å². The maximum Gasteiger partial charge on any atom is 0.318 e. The summed E-state index contributed by atoms with van der Waals surface area (Å²) in [5.74, 6) is -2.67. The second-order valence-corrected chi connectivity index (χ2v) is 11.2. The molecule has 9 nitrogen and oxygen atoms in total. The molecule has 4 N–H and O–H groups in total. The number of thiazole rings is 1. The lowest BCUT2D eigenvalue weighted by Crippen LogP contribution is -2.59. The molecule has 0 aromatic carbocycles. The number of morpholine rings is 1. The summed E-state index contributed by atoms with van der Waals surface area (Å²) in [5, 5.41) is 5.32. The topological polar surface area (TPSA) is 113 Å². The van der Waals surface area contributed by atoms with E-state index in [1.165, 1.54) is 6.20 Å². The minimum atomic E-state index is -3.09. The molecule has 1 aliphatic carbocycles. The molecule has 1 aromatic rings. The van der Waals surface area contributed by atoms with Gasteiger partial charge in [0.2, 0.25) is 5.91 Å². The molecule has 202 valence electrons. The summed E-state index contributed by atoms with van der Waals surface area (Å²) in [6, 6.07) is -2.02. The Hall–Kier alpha value is -1.96. The highest BCUT2D eigenvalue weighted by Crippen LogP contribution is 2.34. The lowest BCUT2D eigenvalue weighted by molar-refractivity contribution is -0.118. The third kappa shape index (κ3) is 6.67. The maximum atomic E-state index is 14.2. The number of hydrogen-bond acceptors (Lipinski definition) is 7. The molecule has 3 heterocycles. The van der Waals surface area contributed by atoms with Crippen LogP contribution in [-0.2, 0) is 9.53 Å². The van der Waals surface area contributed by atoms with Gasteiger partial charge < -0.3 is 26.0 Å². The lowest BCUT2D eigenvalue weighted by atomic mass is 9.79. The van der Waals surface area contributed by atoms with Crippen LogP contribution in [0.15, 0.2) is 6.20 Å². The van der Waals surface area contributed by atoms with Crippen LogP contribution < -0.4 is 16.4 Å². The molecule has 4 rings (SSSR count). The van der Waals surface area contributed by atoms with Gasteiger partial charge in [0.05, 0.1) is 42.8 Å². The van der Waals surface area contributed by atoms with Crippen LogP contribution >= 0.6 is 11.3 Å². The summed E-state index contributed by atoms with van der Waals surface area (Å²) in [6.45, 7) is 1.36. The Bertz CT molecular complexity index is 913. The van der Waals surface area contributed by atoms with Gasteiger partial charge in [-0.3, -0.25) is 9.69 Å². The van der Waals surface area contributed by atoms with Crippen molar-refractivity contribution in [1.82, 2.24) is 20.1 Å². The molecule has 0 unspecified atom stereocenters. The predicted molar refractivity (Wildman–Crippen MR) is 130 cm³/mol. The van der Waals surface area contributed by atoms with Crippen molar-refractivity contribution < 1.29 is 27.5 Å². The van der Waals surface area contributed by atoms with Crippen LogP contribution in [0.25, 0.3) is 0 Å². The number of carbonyl (C=O) groups is 2. The van der Waals surface area contributed by atoms with Gasteiger partial charge in [-0.2, -0.15) is 0 Å². The number of nitrogens with zero attached hydrogens (tertiary/aromatic N) is 3.